The molecule has 0 aliphatic carbocycles. The number of amides is 1. The molecule has 1 amide bonds. The number of carbonyl (C=O) groups is 1. The van der Waals surface area contributed by atoms with Crippen LogP contribution in [-0.2, 0) is 6.54 Å². The number of carbonyl (C=O) groups excluding carboxylic acids is 1. The average Bonchev–Trinajstić information content (AvgIpc) is 3.17. The third kappa shape index (κ3) is 2.90. The lowest BCUT2D eigenvalue weighted by Crippen LogP contribution is -2.17. The van der Waals surface area contributed by atoms with Gasteiger partial charge in [0.15, 0.2) is 16.3 Å². The number of benzene rings is 2. The van der Waals surface area contributed by atoms with Crippen LogP contribution >= 0.6 is 11.3 Å². The van der Waals surface area contributed by atoms with Gasteiger partial charge in [-0.2, -0.15) is 4.99 Å². The minimum Gasteiger partial charge on any atom is -0.454 e. The van der Waals surface area contributed by atoms with Crippen LogP contribution in [0.2, 0.25) is 0 Å². The number of nitrogens with zero attached hydrogens (tertiary/aromatic N) is 2. The number of hydrogen-bond donors (Lipinski definition) is 0. The van der Waals surface area contributed by atoms with Gasteiger partial charge >= 0.3 is 0 Å². The summed E-state index contributed by atoms with van der Waals surface area (Å²) in [6.07, 6.45) is 0.950. The maximum Gasteiger partial charge on any atom is 0.279 e. The summed E-state index contributed by atoms with van der Waals surface area (Å²) in [7, 11) is 0. The molecule has 0 radical (unpaired) electrons. The van der Waals surface area contributed by atoms with E-state index in [1.54, 1.807) is 0 Å². The minimum absolute atomic E-state index is 0.209. The van der Waals surface area contributed by atoms with E-state index in [4.69, 9.17) is 9.47 Å². The normalized spacial score (nSPS) is 13.6. The van der Waals surface area contributed by atoms with Crippen molar-refractivity contribution in [1.82, 2.24) is 4.57 Å². The molecule has 134 valence electrons. The molecule has 1 aromatic heterocycles. The molecule has 0 bridgehead atoms. The summed E-state index contributed by atoms with van der Waals surface area (Å²) in [4.78, 5) is 17.9. The van der Waals surface area contributed by atoms with Crippen molar-refractivity contribution >= 4 is 27.5 Å². The van der Waals surface area contributed by atoms with Gasteiger partial charge in [0.25, 0.3) is 5.91 Å². The van der Waals surface area contributed by atoms with Crippen molar-refractivity contribution in [2.45, 2.75) is 33.7 Å². The molecule has 1 aliphatic rings. The average molecular weight is 368 g/mol. The van der Waals surface area contributed by atoms with E-state index in [0.717, 1.165) is 45.8 Å². The molecule has 4 rings (SSSR count). The summed E-state index contributed by atoms with van der Waals surface area (Å²) in [5.41, 5.74) is 3.75. The predicted molar refractivity (Wildman–Crippen MR) is 102 cm³/mol. The van der Waals surface area contributed by atoms with Crippen LogP contribution in [0.1, 0.15) is 34.8 Å². The Kier molecular flexibility index (Phi) is 4.28. The van der Waals surface area contributed by atoms with Gasteiger partial charge in [-0.3, -0.25) is 4.79 Å². The summed E-state index contributed by atoms with van der Waals surface area (Å²) in [6, 6.07) is 9.75. The molecule has 5 nitrogen and oxygen atoms in total. The van der Waals surface area contributed by atoms with Crippen molar-refractivity contribution in [1.29, 1.82) is 0 Å². The monoisotopic (exact) mass is 368 g/mol. The van der Waals surface area contributed by atoms with E-state index in [1.165, 1.54) is 11.3 Å². The van der Waals surface area contributed by atoms with Gasteiger partial charge in [-0.15, -0.1) is 0 Å². The SMILES string of the molecule is CCCn1c(=NC(=O)c2ccc(C)cc2C)sc2cc3c(cc21)OCO3. The molecule has 26 heavy (non-hydrogen) atoms. The number of hydrogen-bond acceptors (Lipinski definition) is 4. The zero-order valence-corrected chi connectivity index (χ0v) is 15.9. The highest BCUT2D eigenvalue weighted by atomic mass is 32.1. The Hall–Kier alpha value is -2.60. The van der Waals surface area contributed by atoms with E-state index in [0.29, 0.717) is 10.4 Å². The standard InChI is InChI=1S/C20H20N2O3S/c1-4-7-22-15-9-16-17(25-11-24-16)10-18(15)26-20(22)21-19(23)14-6-5-12(2)8-13(14)3/h5-6,8-10H,4,7,11H2,1-3H3. The number of fused-ring (bicyclic) bond motifs is 2. The van der Waals surface area contributed by atoms with Crippen molar-refractivity contribution in [2.75, 3.05) is 6.79 Å². The number of aryl methyl sites for hydroxylation is 3. The number of aromatic nitrogens is 1. The second-order valence-corrected chi connectivity index (χ2v) is 7.45. The fraction of sp³-hybridized carbons (Fsp3) is 0.300. The fourth-order valence-corrected chi connectivity index (χ4v) is 4.25. The highest BCUT2D eigenvalue weighted by Crippen LogP contribution is 2.37. The zero-order chi connectivity index (χ0) is 18.3. The summed E-state index contributed by atoms with van der Waals surface area (Å²) >= 11 is 1.50. The first-order chi connectivity index (χ1) is 12.6. The molecular weight excluding hydrogens is 348 g/mol. The number of ether oxygens (including phenoxy) is 2. The third-order valence-corrected chi connectivity index (χ3v) is 5.47. The summed E-state index contributed by atoms with van der Waals surface area (Å²) in [6.45, 7) is 7.11. The summed E-state index contributed by atoms with van der Waals surface area (Å²) < 4.78 is 14.1. The second kappa shape index (κ2) is 6.61. The third-order valence-electron chi connectivity index (χ3n) is 4.43. The van der Waals surface area contributed by atoms with Gasteiger partial charge in [0, 0.05) is 24.2 Å². The predicted octanol–water partition coefficient (Wildman–Crippen LogP) is 4.20. The molecule has 6 heteroatoms. The van der Waals surface area contributed by atoms with Gasteiger partial charge in [0.05, 0.1) is 10.2 Å². The van der Waals surface area contributed by atoms with Crippen LogP contribution in [0.25, 0.3) is 10.2 Å². The van der Waals surface area contributed by atoms with Crippen LogP contribution in [0.3, 0.4) is 0 Å². The van der Waals surface area contributed by atoms with Gasteiger partial charge in [-0.05, 0) is 31.9 Å². The molecule has 0 atom stereocenters. The molecule has 0 spiro atoms. The fourth-order valence-electron chi connectivity index (χ4n) is 3.19. The molecule has 1 aliphatic heterocycles. The summed E-state index contributed by atoms with van der Waals surface area (Å²) in [5.74, 6) is 1.28. The van der Waals surface area contributed by atoms with Gasteiger partial charge in [0.1, 0.15) is 0 Å². The van der Waals surface area contributed by atoms with Gasteiger partial charge in [0.2, 0.25) is 6.79 Å². The maximum atomic E-state index is 12.8. The van der Waals surface area contributed by atoms with Gasteiger partial charge in [-0.1, -0.05) is 36.0 Å². The molecular formula is C20H20N2O3S. The quantitative estimate of drug-likeness (QED) is 0.696. The minimum atomic E-state index is -0.209. The van der Waals surface area contributed by atoms with Gasteiger partial charge in [-0.25, -0.2) is 0 Å². The molecule has 0 saturated heterocycles. The van der Waals surface area contributed by atoms with E-state index in [2.05, 4.69) is 16.5 Å². The van der Waals surface area contributed by atoms with Crippen molar-refractivity contribution in [2.24, 2.45) is 4.99 Å². The van der Waals surface area contributed by atoms with E-state index >= 15 is 0 Å². The van der Waals surface area contributed by atoms with Crippen LogP contribution in [0.4, 0.5) is 0 Å². The molecule has 2 heterocycles. The van der Waals surface area contributed by atoms with Crippen molar-refractivity contribution in [3.8, 4) is 11.5 Å². The second-order valence-electron chi connectivity index (χ2n) is 6.44. The van der Waals surface area contributed by atoms with Gasteiger partial charge < -0.3 is 14.0 Å². The molecule has 3 aromatic rings. The highest BCUT2D eigenvalue weighted by molar-refractivity contribution is 7.16. The van der Waals surface area contributed by atoms with Crippen LogP contribution in [0, 0.1) is 13.8 Å². The lowest BCUT2D eigenvalue weighted by molar-refractivity contribution is 0.0997. The Morgan fingerprint density at radius 3 is 2.69 bits per heavy atom. The Morgan fingerprint density at radius 1 is 1.19 bits per heavy atom. The van der Waals surface area contributed by atoms with E-state index in [-0.39, 0.29) is 12.7 Å². The number of thiazole rings is 1. The van der Waals surface area contributed by atoms with Crippen molar-refractivity contribution in [3.05, 3.63) is 51.8 Å². The lowest BCUT2D eigenvalue weighted by Gasteiger charge is -2.04. The number of rotatable bonds is 3. The Labute approximate surface area is 155 Å². The molecule has 0 unspecified atom stereocenters. The first-order valence-electron chi connectivity index (χ1n) is 8.66. The first kappa shape index (κ1) is 16.8. The van der Waals surface area contributed by atoms with E-state index < -0.39 is 0 Å². The van der Waals surface area contributed by atoms with Crippen molar-refractivity contribution < 1.29 is 14.3 Å². The first-order valence-corrected chi connectivity index (χ1v) is 9.47. The Balaban J connectivity index is 1.85. The van der Waals surface area contributed by atoms with Crippen LogP contribution < -0.4 is 14.3 Å². The summed E-state index contributed by atoms with van der Waals surface area (Å²) in [5, 5.41) is 0. The van der Waals surface area contributed by atoms with E-state index in [9.17, 15) is 4.79 Å². The highest BCUT2D eigenvalue weighted by Gasteiger charge is 2.18. The van der Waals surface area contributed by atoms with Crippen LogP contribution in [0.15, 0.2) is 35.3 Å². The Bertz CT molecular complexity index is 1080. The molecule has 0 fully saturated rings. The topological polar surface area (TPSA) is 52.8 Å². The largest absolute Gasteiger partial charge is 0.454 e. The zero-order valence-electron chi connectivity index (χ0n) is 15.0. The maximum absolute atomic E-state index is 12.8. The molecule has 0 N–H and O–H groups in total. The smallest absolute Gasteiger partial charge is 0.279 e. The molecule has 0 saturated carbocycles. The lowest BCUT2D eigenvalue weighted by atomic mass is 10.1. The Morgan fingerprint density at radius 2 is 1.96 bits per heavy atom. The van der Waals surface area contributed by atoms with Crippen LogP contribution in [0.5, 0.6) is 11.5 Å². The molecule has 2 aromatic carbocycles. The van der Waals surface area contributed by atoms with E-state index in [1.807, 2.05) is 44.2 Å². The van der Waals surface area contributed by atoms with Crippen molar-refractivity contribution in [3.63, 3.8) is 0 Å². The van der Waals surface area contributed by atoms with Crippen LogP contribution in [-0.4, -0.2) is 17.3 Å².